The normalized spacial score (nSPS) is 25.6. The van der Waals surface area contributed by atoms with Crippen molar-refractivity contribution in [1.82, 2.24) is 24.8 Å². The molecule has 1 amide bonds. The average Bonchev–Trinajstić information content (AvgIpc) is 3.59. The van der Waals surface area contributed by atoms with E-state index in [-0.39, 0.29) is 36.1 Å². The summed E-state index contributed by atoms with van der Waals surface area (Å²) in [6.07, 6.45) is 3.57. The Morgan fingerprint density at radius 3 is 2.44 bits per heavy atom. The van der Waals surface area contributed by atoms with Gasteiger partial charge in [-0.1, -0.05) is 49.4 Å². The van der Waals surface area contributed by atoms with Crippen LogP contribution in [0, 0.1) is 5.82 Å². The van der Waals surface area contributed by atoms with E-state index in [0.29, 0.717) is 35.9 Å². The summed E-state index contributed by atoms with van der Waals surface area (Å²) < 4.78 is 15.6. The molecule has 45 heavy (non-hydrogen) atoms. The number of benzene rings is 2. The molecule has 5 atom stereocenters. The van der Waals surface area contributed by atoms with Crippen LogP contribution >= 0.6 is 0 Å². The number of hydrogen-bond donors (Lipinski definition) is 6. The summed E-state index contributed by atoms with van der Waals surface area (Å²) in [6, 6.07) is 15.7. The van der Waals surface area contributed by atoms with E-state index in [2.05, 4.69) is 20.9 Å². The summed E-state index contributed by atoms with van der Waals surface area (Å²) in [4.78, 5) is 26.5. The van der Waals surface area contributed by atoms with Gasteiger partial charge in [-0.15, -0.1) is 0 Å². The number of carbonyl (C=O) groups excluding carboxylic acids is 1. The molecule has 2 saturated carbocycles. The van der Waals surface area contributed by atoms with Crippen LogP contribution < -0.4 is 21.7 Å². The van der Waals surface area contributed by atoms with Crippen molar-refractivity contribution in [3.8, 4) is 0 Å². The Morgan fingerprint density at radius 1 is 1.02 bits per heavy atom. The second-order valence-corrected chi connectivity index (χ2v) is 12.2. The van der Waals surface area contributed by atoms with Gasteiger partial charge in [0.2, 0.25) is 11.9 Å². The highest BCUT2D eigenvalue weighted by Crippen LogP contribution is 2.35. The second kappa shape index (κ2) is 13.5. The van der Waals surface area contributed by atoms with Gasteiger partial charge in [0.25, 0.3) is 0 Å². The molecular formula is C33H41FN8O3. The summed E-state index contributed by atoms with van der Waals surface area (Å²) in [7, 11) is 0. The summed E-state index contributed by atoms with van der Waals surface area (Å²) in [5.74, 6) is 0.348. The number of amides is 1. The van der Waals surface area contributed by atoms with E-state index in [1.54, 1.807) is 30.0 Å². The zero-order valence-corrected chi connectivity index (χ0v) is 25.3. The van der Waals surface area contributed by atoms with E-state index < -0.39 is 24.3 Å². The molecule has 2 aromatic heterocycles. The number of halogens is 1. The standard InChI is InChI=1S/C33H41FN8O3/c1-2-27(43)39-25-16-26(30(45)29(25)44)42-18-37-28-31(40-33(41-32(28)42)38-23-14-12-22(35)13-15-23)36-17-24(19-6-4-3-5-7-19)20-8-10-21(34)11-9-20/h3-11,18,22-26,29-30,44-45H,2,12-17,35H2,1H3,(H,39,43)(H2,36,38,40,41)/t22?,23?,24?,25-,26+,29+,30-/m0/s1. The smallest absolute Gasteiger partial charge is 0.227 e. The van der Waals surface area contributed by atoms with Gasteiger partial charge < -0.3 is 36.5 Å². The zero-order valence-electron chi connectivity index (χ0n) is 25.3. The van der Waals surface area contributed by atoms with Gasteiger partial charge in [0.05, 0.1) is 18.4 Å². The minimum absolute atomic E-state index is 0.107. The number of aliphatic hydroxyl groups excluding tert-OH is 2. The molecule has 2 aliphatic rings. The highest BCUT2D eigenvalue weighted by molar-refractivity contribution is 5.84. The van der Waals surface area contributed by atoms with Crippen LogP contribution in [0.5, 0.6) is 0 Å². The molecule has 2 heterocycles. The van der Waals surface area contributed by atoms with Crippen molar-refractivity contribution in [2.45, 2.75) is 87.7 Å². The Balaban J connectivity index is 1.34. The van der Waals surface area contributed by atoms with Gasteiger partial charge in [-0.05, 0) is 55.4 Å². The first kappa shape index (κ1) is 30.9. The number of rotatable bonds is 10. The average molecular weight is 617 g/mol. The topological polar surface area (TPSA) is 163 Å². The Morgan fingerprint density at radius 2 is 1.73 bits per heavy atom. The van der Waals surface area contributed by atoms with Crippen molar-refractivity contribution in [2.75, 3.05) is 17.2 Å². The third-order valence-corrected chi connectivity index (χ3v) is 9.15. The summed E-state index contributed by atoms with van der Waals surface area (Å²) in [6.45, 7) is 2.19. The van der Waals surface area contributed by atoms with Crippen molar-refractivity contribution in [3.05, 3.63) is 77.9 Å². The van der Waals surface area contributed by atoms with Crippen LogP contribution in [0.4, 0.5) is 16.2 Å². The maximum Gasteiger partial charge on any atom is 0.227 e. The van der Waals surface area contributed by atoms with E-state index in [9.17, 15) is 19.4 Å². The molecule has 2 aromatic carbocycles. The van der Waals surface area contributed by atoms with E-state index >= 15 is 0 Å². The van der Waals surface area contributed by atoms with Crippen molar-refractivity contribution < 1.29 is 19.4 Å². The summed E-state index contributed by atoms with van der Waals surface area (Å²) in [5, 5.41) is 31.6. The summed E-state index contributed by atoms with van der Waals surface area (Å²) in [5.41, 5.74) is 9.17. The van der Waals surface area contributed by atoms with Gasteiger partial charge in [-0.3, -0.25) is 4.79 Å². The minimum Gasteiger partial charge on any atom is -0.388 e. The molecule has 0 saturated heterocycles. The molecule has 11 nitrogen and oxygen atoms in total. The molecule has 4 aromatic rings. The van der Waals surface area contributed by atoms with Crippen LogP contribution in [-0.2, 0) is 4.79 Å². The fourth-order valence-corrected chi connectivity index (χ4v) is 6.54. The molecule has 0 aliphatic heterocycles. The van der Waals surface area contributed by atoms with Crippen LogP contribution in [0.2, 0.25) is 0 Å². The van der Waals surface area contributed by atoms with Crippen LogP contribution in [-0.4, -0.2) is 72.5 Å². The Labute approximate surface area is 261 Å². The van der Waals surface area contributed by atoms with E-state index in [4.69, 9.17) is 15.7 Å². The number of hydrogen-bond acceptors (Lipinski definition) is 9. The molecule has 238 valence electrons. The highest BCUT2D eigenvalue weighted by atomic mass is 19.1. The van der Waals surface area contributed by atoms with Crippen molar-refractivity contribution in [3.63, 3.8) is 0 Å². The third-order valence-electron chi connectivity index (χ3n) is 9.15. The number of aromatic nitrogens is 4. The van der Waals surface area contributed by atoms with Gasteiger partial charge in [0.1, 0.15) is 18.0 Å². The number of fused-ring (bicyclic) bond motifs is 1. The molecule has 1 unspecified atom stereocenters. The first-order valence-electron chi connectivity index (χ1n) is 15.8. The number of anilines is 2. The van der Waals surface area contributed by atoms with Crippen LogP contribution in [0.25, 0.3) is 11.2 Å². The lowest BCUT2D eigenvalue weighted by Gasteiger charge is -2.27. The van der Waals surface area contributed by atoms with Gasteiger partial charge in [-0.25, -0.2) is 9.37 Å². The van der Waals surface area contributed by atoms with Gasteiger partial charge in [-0.2, -0.15) is 9.97 Å². The monoisotopic (exact) mass is 616 g/mol. The van der Waals surface area contributed by atoms with Gasteiger partial charge in [0, 0.05) is 31.0 Å². The number of imidazole rings is 1. The fraction of sp³-hybridized carbons (Fsp3) is 0.455. The molecule has 0 bridgehead atoms. The molecular weight excluding hydrogens is 575 g/mol. The number of nitrogens with two attached hydrogens (primary N) is 1. The van der Waals surface area contributed by atoms with Gasteiger partial charge >= 0.3 is 0 Å². The number of nitrogens with one attached hydrogen (secondary N) is 3. The molecule has 0 spiro atoms. The SMILES string of the molecule is CCC(=O)N[C@H]1C[C@@H](n2cnc3c(NCC(c4ccccc4)c4ccc(F)cc4)nc(NC4CCC(N)CC4)nc32)[C@H](O)[C@@H]1O. The Kier molecular flexibility index (Phi) is 9.24. The zero-order chi connectivity index (χ0) is 31.5. The van der Waals surface area contributed by atoms with E-state index in [0.717, 1.165) is 36.8 Å². The van der Waals surface area contributed by atoms with Crippen molar-refractivity contribution >= 4 is 28.8 Å². The lowest BCUT2D eigenvalue weighted by Crippen LogP contribution is -2.42. The van der Waals surface area contributed by atoms with Crippen LogP contribution in [0.1, 0.15) is 68.5 Å². The molecule has 2 fully saturated rings. The largest absolute Gasteiger partial charge is 0.388 e. The van der Waals surface area contributed by atoms with E-state index in [1.165, 1.54) is 12.1 Å². The number of aliphatic hydroxyl groups is 2. The lowest BCUT2D eigenvalue weighted by atomic mass is 9.91. The summed E-state index contributed by atoms with van der Waals surface area (Å²) >= 11 is 0. The highest BCUT2D eigenvalue weighted by Gasteiger charge is 2.43. The molecule has 6 rings (SSSR count). The predicted molar refractivity (Wildman–Crippen MR) is 170 cm³/mol. The van der Waals surface area contributed by atoms with Crippen LogP contribution in [0.15, 0.2) is 60.9 Å². The fourth-order valence-electron chi connectivity index (χ4n) is 6.54. The third kappa shape index (κ3) is 6.77. The Hall–Kier alpha value is -4.13. The number of nitrogens with zero attached hydrogens (tertiary/aromatic N) is 4. The molecule has 2 aliphatic carbocycles. The predicted octanol–water partition coefficient (Wildman–Crippen LogP) is 3.45. The first-order valence-corrected chi connectivity index (χ1v) is 15.8. The van der Waals surface area contributed by atoms with Gasteiger partial charge in [0.15, 0.2) is 17.0 Å². The second-order valence-electron chi connectivity index (χ2n) is 12.2. The molecule has 0 radical (unpaired) electrons. The molecule has 7 N–H and O–H groups in total. The maximum atomic E-state index is 13.8. The quantitative estimate of drug-likeness (QED) is 0.157. The maximum absolute atomic E-state index is 13.8. The molecule has 12 heteroatoms. The first-order chi connectivity index (χ1) is 21.8. The van der Waals surface area contributed by atoms with Crippen LogP contribution in [0.3, 0.4) is 0 Å². The lowest BCUT2D eigenvalue weighted by molar-refractivity contribution is -0.122. The van der Waals surface area contributed by atoms with E-state index in [1.807, 2.05) is 30.3 Å². The minimum atomic E-state index is -1.13. The Bertz CT molecular complexity index is 1590. The van der Waals surface area contributed by atoms with Crippen molar-refractivity contribution in [2.24, 2.45) is 5.73 Å². The van der Waals surface area contributed by atoms with Crippen molar-refractivity contribution in [1.29, 1.82) is 0 Å². The number of carbonyl (C=O) groups is 1.